The van der Waals surface area contributed by atoms with E-state index >= 15 is 0 Å². The summed E-state index contributed by atoms with van der Waals surface area (Å²) in [7, 11) is 1.60. The topological polar surface area (TPSA) is 58.6 Å². The zero-order chi connectivity index (χ0) is 21.3. The Balaban J connectivity index is 1.77. The molecule has 0 bridgehead atoms. The molecule has 7 heteroatoms. The second-order valence-corrected chi connectivity index (χ2v) is 8.31. The van der Waals surface area contributed by atoms with Gasteiger partial charge in [0.1, 0.15) is 5.82 Å². The maximum absolute atomic E-state index is 13.6. The van der Waals surface area contributed by atoms with Gasteiger partial charge in [-0.1, -0.05) is 42.6 Å². The van der Waals surface area contributed by atoms with Crippen LogP contribution >= 0.6 is 11.6 Å². The van der Waals surface area contributed by atoms with Gasteiger partial charge in [0.05, 0.1) is 23.1 Å². The van der Waals surface area contributed by atoms with E-state index in [1.54, 1.807) is 13.2 Å². The predicted octanol–water partition coefficient (Wildman–Crippen LogP) is 4.62. The minimum atomic E-state index is -0.599. The van der Waals surface area contributed by atoms with Crippen LogP contribution in [-0.4, -0.2) is 42.5 Å². The fourth-order valence-corrected chi connectivity index (χ4v) is 5.14. The van der Waals surface area contributed by atoms with Crippen molar-refractivity contribution in [2.45, 2.75) is 37.1 Å². The van der Waals surface area contributed by atoms with E-state index in [2.05, 4.69) is 5.32 Å². The molecule has 5 nitrogen and oxygen atoms in total. The fraction of sp³-hybridized carbons (Fsp3) is 0.391. The Morgan fingerprint density at radius 2 is 2.00 bits per heavy atom. The van der Waals surface area contributed by atoms with Crippen LogP contribution in [0.25, 0.3) is 0 Å². The number of hydrogen-bond donors (Lipinski definition) is 1. The number of anilines is 1. The van der Waals surface area contributed by atoms with Crippen molar-refractivity contribution in [2.24, 2.45) is 0 Å². The van der Waals surface area contributed by atoms with Gasteiger partial charge in [0.25, 0.3) is 5.91 Å². The van der Waals surface area contributed by atoms with Crippen molar-refractivity contribution < 1.29 is 18.7 Å². The van der Waals surface area contributed by atoms with Crippen LogP contribution < -0.4 is 5.32 Å². The summed E-state index contributed by atoms with van der Waals surface area (Å²) in [4.78, 5) is 28.8. The maximum atomic E-state index is 13.6. The number of halogens is 2. The molecule has 2 aromatic carbocycles. The largest absolute Gasteiger partial charge is 0.383 e. The number of rotatable bonds is 5. The van der Waals surface area contributed by atoms with Gasteiger partial charge in [-0.2, -0.15) is 0 Å². The van der Waals surface area contributed by atoms with Crippen LogP contribution in [0, 0.1) is 5.82 Å². The van der Waals surface area contributed by atoms with Crippen LogP contribution in [-0.2, 0) is 9.53 Å². The maximum Gasteiger partial charge on any atom is 0.254 e. The number of nitrogens with zero attached hydrogens (tertiary/aromatic N) is 1. The number of nitrogens with one attached hydrogen (secondary N) is 1. The molecule has 1 aliphatic heterocycles. The molecule has 2 aromatic rings. The summed E-state index contributed by atoms with van der Waals surface area (Å²) in [5.41, 5.74) is 1.11. The van der Waals surface area contributed by atoms with E-state index in [1.165, 1.54) is 18.2 Å². The van der Waals surface area contributed by atoms with E-state index in [9.17, 15) is 14.0 Å². The van der Waals surface area contributed by atoms with Gasteiger partial charge in [0, 0.05) is 24.9 Å². The minimum Gasteiger partial charge on any atom is -0.383 e. The summed E-state index contributed by atoms with van der Waals surface area (Å²) >= 11 is 5.89. The lowest BCUT2D eigenvalue weighted by molar-refractivity contribution is -0.121. The summed E-state index contributed by atoms with van der Waals surface area (Å²) in [5, 5.41) is 2.85. The third-order valence-electron chi connectivity index (χ3n) is 6.26. The molecule has 30 heavy (non-hydrogen) atoms. The van der Waals surface area contributed by atoms with E-state index in [4.69, 9.17) is 16.3 Å². The molecule has 1 spiro atoms. The Hall–Kier alpha value is -2.44. The number of hydrogen-bond acceptors (Lipinski definition) is 3. The number of ether oxygens (including phenoxy) is 1. The summed E-state index contributed by atoms with van der Waals surface area (Å²) in [6.45, 7) is 0.827. The molecule has 1 N–H and O–H groups in total. The normalized spacial score (nSPS) is 19.8. The Morgan fingerprint density at radius 1 is 1.27 bits per heavy atom. The Morgan fingerprint density at radius 3 is 2.70 bits per heavy atom. The zero-order valence-electron chi connectivity index (χ0n) is 16.8. The van der Waals surface area contributed by atoms with Crippen molar-refractivity contribution in [3.8, 4) is 0 Å². The number of fused-ring (bicyclic) bond motifs is 1. The van der Waals surface area contributed by atoms with Crippen LogP contribution in [0.5, 0.6) is 0 Å². The average molecular weight is 431 g/mol. The third-order valence-corrected chi connectivity index (χ3v) is 6.55. The third kappa shape index (κ3) is 3.48. The number of carbonyl (C=O) groups excluding carboxylic acids is 2. The molecule has 1 heterocycles. The van der Waals surface area contributed by atoms with Crippen molar-refractivity contribution in [3.05, 3.63) is 64.4 Å². The summed E-state index contributed by atoms with van der Waals surface area (Å²) in [6.07, 6.45) is 3.40. The lowest BCUT2D eigenvalue weighted by Crippen LogP contribution is -2.60. The highest BCUT2D eigenvalue weighted by molar-refractivity contribution is 6.31. The molecule has 1 aliphatic carbocycles. The van der Waals surface area contributed by atoms with E-state index in [-0.39, 0.29) is 16.8 Å². The van der Waals surface area contributed by atoms with Crippen LogP contribution in [0.2, 0.25) is 5.02 Å². The second kappa shape index (κ2) is 8.36. The van der Waals surface area contributed by atoms with Crippen LogP contribution in [0.1, 0.15) is 47.5 Å². The Bertz CT molecular complexity index is 975. The molecular formula is C23H24ClFN2O3. The van der Waals surface area contributed by atoms with Gasteiger partial charge in [-0.3, -0.25) is 9.59 Å². The van der Waals surface area contributed by atoms with E-state index in [0.717, 1.165) is 31.2 Å². The first-order valence-corrected chi connectivity index (χ1v) is 10.5. The first-order valence-electron chi connectivity index (χ1n) is 10.1. The average Bonchev–Trinajstić information content (AvgIpc) is 3.20. The van der Waals surface area contributed by atoms with Crippen LogP contribution in [0.15, 0.2) is 42.5 Å². The standard InChI is InChI=1S/C23H24ClFN2O3/c1-30-13-12-27-22(29)17-7-3-2-6-16(17)20(23(27)10-4-5-11-23)21(28)26-15-8-9-19(25)18(24)14-15/h2-3,6-9,14,20H,4-5,10-13H2,1H3,(H,26,28)/t20-/m1/s1. The molecule has 0 radical (unpaired) electrons. The minimum absolute atomic E-state index is 0.0516. The molecule has 1 atom stereocenters. The summed E-state index contributed by atoms with van der Waals surface area (Å²) in [6, 6.07) is 11.4. The van der Waals surface area contributed by atoms with Gasteiger partial charge in [-0.15, -0.1) is 0 Å². The number of methoxy groups -OCH3 is 1. The van der Waals surface area contributed by atoms with Crippen molar-refractivity contribution in [3.63, 3.8) is 0 Å². The van der Waals surface area contributed by atoms with Gasteiger partial charge in [0.15, 0.2) is 0 Å². The van der Waals surface area contributed by atoms with Gasteiger partial charge < -0.3 is 15.0 Å². The molecule has 2 amide bonds. The second-order valence-electron chi connectivity index (χ2n) is 7.90. The zero-order valence-corrected chi connectivity index (χ0v) is 17.5. The highest BCUT2D eigenvalue weighted by Crippen LogP contribution is 2.50. The lowest BCUT2D eigenvalue weighted by Gasteiger charge is -2.50. The van der Waals surface area contributed by atoms with Crippen molar-refractivity contribution in [1.29, 1.82) is 0 Å². The van der Waals surface area contributed by atoms with Gasteiger partial charge in [0.2, 0.25) is 5.91 Å². The van der Waals surface area contributed by atoms with Gasteiger partial charge >= 0.3 is 0 Å². The summed E-state index contributed by atoms with van der Waals surface area (Å²) < 4.78 is 18.8. The van der Waals surface area contributed by atoms with E-state index in [0.29, 0.717) is 24.4 Å². The number of benzene rings is 2. The quantitative estimate of drug-likeness (QED) is 0.753. The van der Waals surface area contributed by atoms with E-state index < -0.39 is 17.3 Å². The molecule has 0 aromatic heterocycles. The monoisotopic (exact) mass is 430 g/mol. The van der Waals surface area contributed by atoms with Crippen LogP contribution in [0.4, 0.5) is 10.1 Å². The molecule has 1 saturated carbocycles. The van der Waals surface area contributed by atoms with Crippen molar-refractivity contribution in [1.82, 2.24) is 4.90 Å². The predicted molar refractivity (Wildman–Crippen MR) is 113 cm³/mol. The molecule has 0 saturated heterocycles. The van der Waals surface area contributed by atoms with Gasteiger partial charge in [-0.05, 0) is 42.7 Å². The first-order chi connectivity index (χ1) is 14.5. The van der Waals surface area contributed by atoms with Crippen molar-refractivity contribution >= 4 is 29.1 Å². The van der Waals surface area contributed by atoms with Crippen molar-refractivity contribution in [2.75, 3.05) is 25.6 Å². The molecule has 0 unspecified atom stereocenters. The highest BCUT2D eigenvalue weighted by atomic mass is 35.5. The number of carbonyl (C=O) groups is 2. The lowest BCUT2D eigenvalue weighted by atomic mass is 9.71. The first kappa shape index (κ1) is 20.8. The SMILES string of the molecule is COCCN1C(=O)c2ccccc2[C@H](C(=O)Nc2ccc(F)c(Cl)c2)C12CCCC2. The van der Waals surface area contributed by atoms with E-state index in [1.807, 2.05) is 23.1 Å². The molecular weight excluding hydrogens is 407 g/mol. The molecule has 1 fully saturated rings. The van der Waals surface area contributed by atoms with Crippen LogP contribution in [0.3, 0.4) is 0 Å². The molecule has 4 rings (SSSR count). The summed E-state index contributed by atoms with van der Waals surface area (Å²) in [5.74, 6) is -1.35. The number of amides is 2. The smallest absolute Gasteiger partial charge is 0.254 e. The van der Waals surface area contributed by atoms with Gasteiger partial charge in [-0.25, -0.2) is 4.39 Å². The molecule has 158 valence electrons. The highest BCUT2D eigenvalue weighted by Gasteiger charge is 2.55. The Kier molecular flexibility index (Phi) is 5.80. The fourth-order valence-electron chi connectivity index (χ4n) is 4.96. The molecule has 2 aliphatic rings. The Labute approximate surface area is 180 Å².